The Morgan fingerprint density at radius 1 is 1.56 bits per heavy atom. The Hall–Kier alpha value is -1.30. The highest BCUT2D eigenvalue weighted by atomic mass is 32.2. The fourth-order valence-corrected chi connectivity index (χ4v) is 1.85. The van der Waals surface area contributed by atoms with Crippen LogP contribution in [-0.4, -0.2) is 39.8 Å². The zero-order valence-corrected chi connectivity index (χ0v) is 10.1. The van der Waals surface area contributed by atoms with Gasteiger partial charge < -0.3 is 10.4 Å². The number of carbonyl (C=O) groups is 1. The Morgan fingerprint density at radius 3 is 2.81 bits per heavy atom. The van der Waals surface area contributed by atoms with Crippen molar-refractivity contribution in [1.82, 2.24) is 10.2 Å². The van der Waals surface area contributed by atoms with Crippen LogP contribution in [0.25, 0.3) is 0 Å². The maximum absolute atomic E-state index is 10.5. The maximum atomic E-state index is 10.5. The molecule has 16 heavy (non-hydrogen) atoms. The topological polar surface area (TPSA) is 75.1 Å². The molecule has 0 aliphatic rings. The van der Waals surface area contributed by atoms with E-state index in [2.05, 4.69) is 28.7 Å². The molecular weight excluding hydrogens is 226 g/mol. The molecule has 0 amide bonds. The zero-order valence-electron chi connectivity index (χ0n) is 9.30. The summed E-state index contributed by atoms with van der Waals surface area (Å²) < 4.78 is 0. The van der Waals surface area contributed by atoms with Crippen LogP contribution in [0, 0.1) is 5.92 Å². The van der Waals surface area contributed by atoms with Crippen LogP contribution in [0.1, 0.15) is 17.4 Å². The first kappa shape index (κ1) is 12.8. The van der Waals surface area contributed by atoms with Crippen LogP contribution in [0.4, 0.5) is 5.82 Å². The number of nitrogens with one attached hydrogen (secondary N) is 1. The van der Waals surface area contributed by atoms with Crippen molar-refractivity contribution in [3.05, 3.63) is 17.8 Å². The number of nitrogens with zero attached hydrogens (tertiary/aromatic N) is 2. The lowest BCUT2D eigenvalue weighted by molar-refractivity contribution is 0.0689. The van der Waals surface area contributed by atoms with Gasteiger partial charge in [0.2, 0.25) is 0 Å². The Labute approximate surface area is 98.7 Å². The number of anilines is 1. The molecule has 2 N–H and O–H groups in total. The summed E-state index contributed by atoms with van der Waals surface area (Å²) in [5, 5.41) is 19.1. The van der Waals surface area contributed by atoms with Gasteiger partial charge >= 0.3 is 5.97 Å². The SMILES string of the molecule is CSCC(C)CNc1ccc(C(=O)O)nn1. The number of thioether (sulfide) groups is 1. The standard InChI is InChI=1S/C10H15N3O2S/c1-7(6-16-2)5-11-9-4-3-8(10(14)15)12-13-9/h3-4,7H,5-6H2,1-2H3,(H,11,13)(H,14,15). The van der Waals surface area contributed by atoms with Gasteiger partial charge in [0.25, 0.3) is 0 Å². The van der Waals surface area contributed by atoms with Crippen molar-refractivity contribution in [2.24, 2.45) is 5.92 Å². The van der Waals surface area contributed by atoms with E-state index in [0.717, 1.165) is 12.3 Å². The molecule has 0 aliphatic carbocycles. The summed E-state index contributed by atoms with van der Waals surface area (Å²) in [5.74, 6) is 1.16. The molecule has 1 aromatic heterocycles. The zero-order chi connectivity index (χ0) is 12.0. The van der Waals surface area contributed by atoms with Crippen LogP contribution in [0.15, 0.2) is 12.1 Å². The number of rotatable bonds is 6. The summed E-state index contributed by atoms with van der Waals surface area (Å²) in [6.45, 7) is 2.95. The molecule has 0 fully saturated rings. The van der Waals surface area contributed by atoms with Crippen LogP contribution in [0.2, 0.25) is 0 Å². The normalized spacial score (nSPS) is 12.1. The highest BCUT2D eigenvalue weighted by molar-refractivity contribution is 7.98. The molecule has 5 nitrogen and oxygen atoms in total. The minimum Gasteiger partial charge on any atom is -0.476 e. The van der Waals surface area contributed by atoms with E-state index in [4.69, 9.17) is 5.11 Å². The van der Waals surface area contributed by atoms with Crippen molar-refractivity contribution in [2.45, 2.75) is 6.92 Å². The first-order chi connectivity index (χ1) is 7.63. The third-order valence-electron chi connectivity index (χ3n) is 1.97. The van der Waals surface area contributed by atoms with E-state index in [1.165, 1.54) is 6.07 Å². The molecule has 1 heterocycles. The highest BCUT2D eigenvalue weighted by Gasteiger charge is 2.05. The number of aromatic nitrogens is 2. The number of aromatic carboxylic acids is 1. The third kappa shape index (κ3) is 4.06. The van der Waals surface area contributed by atoms with Gasteiger partial charge in [-0.2, -0.15) is 11.8 Å². The molecular formula is C10H15N3O2S. The maximum Gasteiger partial charge on any atom is 0.356 e. The van der Waals surface area contributed by atoms with Gasteiger partial charge in [0.15, 0.2) is 5.69 Å². The minimum absolute atomic E-state index is 0.0392. The Balaban J connectivity index is 2.46. The molecule has 1 aromatic rings. The molecule has 1 atom stereocenters. The van der Waals surface area contributed by atoms with Gasteiger partial charge in [-0.15, -0.1) is 10.2 Å². The van der Waals surface area contributed by atoms with Gasteiger partial charge in [-0.05, 0) is 30.1 Å². The number of carboxylic acid groups (broad SMARTS) is 1. The monoisotopic (exact) mass is 241 g/mol. The first-order valence-electron chi connectivity index (χ1n) is 4.93. The van der Waals surface area contributed by atoms with E-state index >= 15 is 0 Å². The van der Waals surface area contributed by atoms with Crippen molar-refractivity contribution in [3.63, 3.8) is 0 Å². The van der Waals surface area contributed by atoms with Crippen LogP contribution in [0.3, 0.4) is 0 Å². The quantitative estimate of drug-likeness (QED) is 0.787. The van der Waals surface area contributed by atoms with Crippen molar-refractivity contribution < 1.29 is 9.90 Å². The molecule has 0 saturated carbocycles. The van der Waals surface area contributed by atoms with Gasteiger partial charge in [-0.1, -0.05) is 6.92 Å². The third-order valence-corrected chi connectivity index (χ3v) is 2.87. The Bertz CT molecular complexity index is 342. The lowest BCUT2D eigenvalue weighted by atomic mass is 10.2. The second-order valence-electron chi connectivity index (χ2n) is 3.55. The van der Waals surface area contributed by atoms with Gasteiger partial charge in [0, 0.05) is 6.54 Å². The van der Waals surface area contributed by atoms with Crippen LogP contribution in [-0.2, 0) is 0 Å². The molecule has 0 aliphatic heterocycles. The lowest BCUT2D eigenvalue weighted by Gasteiger charge is -2.10. The Kier molecular flexibility index (Phi) is 5.04. The summed E-state index contributed by atoms with van der Waals surface area (Å²) in [5.41, 5.74) is -0.0392. The highest BCUT2D eigenvalue weighted by Crippen LogP contribution is 2.07. The van der Waals surface area contributed by atoms with Gasteiger partial charge in [0.05, 0.1) is 0 Å². The molecule has 0 spiro atoms. The summed E-state index contributed by atoms with van der Waals surface area (Å²) in [6, 6.07) is 3.07. The smallest absolute Gasteiger partial charge is 0.356 e. The summed E-state index contributed by atoms with van der Waals surface area (Å²) in [4.78, 5) is 10.5. The predicted molar refractivity (Wildman–Crippen MR) is 65.0 cm³/mol. The van der Waals surface area contributed by atoms with E-state index in [9.17, 15) is 4.79 Å². The molecule has 0 saturated heterocycles. The van der Waals surface area contributed by atoms with Crippen molar-refractivity contribution in [2.75, 3.05) is 23.9 Å². The van der Waals surface area contributed by atoms with E-state index in [1.54, 1.807) is 17.8 Å². The molecule has 1 rings (SSSR count). The molecule has 0 aromatic carbocycles. The fourth-order valence-electron chi connectivity index (χ4n) is 1.16. The van der Waals surface area contributed by atoms with E-state index in [-0.39, 0.29) is 5.69 Å². The summed E-state index contributed by atoms with van der Waals surface area (Å²) in [7, 11) is 0. The van der Waals surface area contributed by atoms with Crippen molar-refractivity contribution in [3.8, 4) is 0 Å². The molecule has 0 bridgehead atoms. The summed E-state index contributed by atoms with van der Waals surface area (Å²) >= 11 is 1.80. The van der Waals surface area contributed by atoms with Gasteiger partial charge in [0.1, 0.15) is 5.82 Å². The second kappa shape index (κ2) is 6.32. The fraction of sp³-hybridized carbons (Fsp3) is 0.500. The molecule has 0 radical (unpaired) electrons. The molecule has 1 unspecified atom stereocenters. The average molecular weight is 241 g/mol. The number of hydrogen-bond acceptors (Lipinski definition) is 5. The van der Waals surface area contributed by atoms with Crippen LogP contribution in [0.5, 0.6) is 0 Å². The Morgan fingerprint density at radius 2 is 2.31 bits per heavy atom. The van der Waals surface area contributed by atoms with E-state index < -0.39 is 5.97 Å². The van der Waals surface area contributed by atoms with Crippen molar-refractivity contribution in [1.29, 1.82) is 0 Å². The first-order valence-corrected chi connectivity index (χ1v) is 6.32. The summed E-state index contributed by atoms with van der Waals surface area (Å²) in [6.07, 6.45) is 2.07. The van der Waals surface area contributed by atoms with E-state index in [0.29, 0.717) is 11.7 Å². The average Bonchev–Trinajstić information content (AvgIpc) is 2.27. The van der Waals surface area contributed by atoms with Gasteiger partial charge in [-0.25, -0.2) is 4.79 Å². The van der Waals surface area contributed by atoms with Crippen LogP contribution < -0.4 is 5.32 Å². The molecule has 6 heteroatoms. The minimum atomic E-state index is -1.06. The molecule has 88 valence electrons. The number of hydrogen-bond donors (Lipinski definition) is 2. The lowest BCUT2D eigenvalue weighted by Crippen LogP contribution is -2.14. The van der Waals surface area contributed by atoms with Gasteiger partial charge in [-0.3, -0.25) is 0 Å². The number of carboxylic acids is 1. The van der Waals surface area contributed by atoms with Crippen LogP contribution >= 0.6 is 11.8 Å². The predicted octanol–water partition coefficient (Wildman–Crippen LogP) is 1.59. The van der Waals surface area contributed by atoms with Crippen molar-refractivity contribution >= 4 is 23.5 Å². The largest absolute Gasteiger partial charge is 0.476 e. The second-order valence-corrected chi connectivity index (χ2v) is 4.46. The van der Waals surface area contributed by atoms with E-state index in [1.807, 2.05) is 0 Å².